The van der Waals surface area contributed by atoms with E-state index in [1.54, 1.807) is 0 Å². The van der Waals surface area contributed by atoms with Crippen LogP contribution in [0.25, 0.3) is 11.0 Å². The zero-order valence-electron chi connectivity index (χ0n) is 14.5. The minimum Gasteiger partial charge on any atom is -0.372 e. The summed E-state index contributed by atoms with van der Waals surface area (Å²) in [6.45, 7) is 5.04. The standard InChI is InChI=1S/C20H21BN4/c1-16-2-4-17(5-3-16)14-25-11-7-18-19(6-10-23-20(18)25)24-12-8-21(15-22)9-13-24/h2-7,10-11H,8-9,12-14H2,1H3. The van der Waals surface area contributed by atoms with Crippen LogP contribution in [0.2, 0.25) is 12.6 Å². The molecule has 1 aromatic carbocycles. The third-order valence-corrected chi connectivity index (χ3v) is 5.13. The van der Waals surface area contributed by atoms with E-state index in [1.165, 1.54) is 22.2 Å². The van der Waals surface area contributed by atoms with Crippen molar-refractivity contribution in [2.24, 2.45) is 0 Å². The fraction of sp³-hybridized carbons (Fsp3) is 0.300. The monoisotopic (exact) mass is 328 g/mol. The molecule has 0 radical (unpaired) electrons. The Labute approximate surface area is 148 Å². The van der Waals surface area contributed by atoms with Crippen molar-refractivity contribution in [3.8, 4) is 5.97 Å². The fourth-order valence-corrected chi connectivity index (χ4v) is 3.62. The SMILES string of the molecule is Cc1ccc(Cn2ccc3c(N4CCB(C#N)CC4)ccnc32)cc1. The summed E-state index contributed by atoms with van der Waals surface area (Å²) in [7, 11) is 0. The van der Waals surface area contributed by atoms with Crippen molar-refractivity contribution >= 4 is 23.4 Å². The van der Waals surface area contributed by atoms with Gasteiger partial charge in [0.15, 0.2) is 0 Å². The molecule has 0 unspecified atom stereocenters. The number of benzene rings is 1. The van der Waals surface area contributed by atoms with Crippen LogP contribution < -0.4 is 4.90 Å². The fourth-order valence-electron chi connectivity index (χ4n) is 3.62. The van der Waals surface area contributed by atoms with Crippen LogP contribution in [0, 0.1) is 18.2 Å². The van der Waals surface area contributed by atoms with Crippen LogP contribution in [0.5, 0.6) is 0 Å². The highest BCUT2D eigenvalue weighted by atomic mass is 15.1. The number of pyridine rings is 1. The predicted molar refractivity (Wildman–Crippen MR) is 103 cm³/mol. The first-order valence-electron chi connectivity index (χ1n) is 8.88. The summed E-state index contributed by atoms with van der Waals surface area (Å²) >= 11 is 0. The zero-order valence-corrected chi connectivity index (χ0v) is 14.5. The van der Waals surface area contributed by atoms with Crippen molar-refractivity contribution in [3.63, 3.8) is 0 Å². The average molecular weight is 328 g/mol. The van der Waals surface area contributed by atoms with E-state index in [9.17, 15) is 0 Å². The second-order valence-corrected chi connectivity index (χ2v) is 6.89. The van der Waals surface area contributed by atoms with Crippen molar-refractivity contribution < 1.29 is 0 Å². The zero-order chi connectivity index (χ0) is 17.2. The van der Waals surface area contributed by atoms with E-state index in [0.29, 0.717) is 0 Å². The summed E-state index contributed by atoms with van der Waals surface area (Å²) in [5.41, 5.74) is 4.83. The minimum absolute atomic E-state index is 0.208. The molecule has 3 aromatic rings. The Morgan fingerprint density at radius 3 is 2.60 bits per heavy atom. The molecule has 0 bridgehead atoms. The second-order valence-electron chi connectivity index (χ2n) is 6.89. The summed E-state index contributed by atoms with van der Waals surface area (Å²) in [6, 6.07) is 12.9. The Morgan fingerprint density at radius 1 is 1.12 bits per heavy atom. The average Bonchev–Trinajstić information content (AvgIpc) is 3.07. The lowest BCUT2D eigenvalue weighted by Crippen LogP contribution is -2.36. The number of aryl methyl sites for hydroxylation is 1. The lowest BCUT2D eigenvalue weighted by molar-refractivity contribution is 0.817. The summed E-state index contributed by atoms with van der Waals surface area (Å²) in [5.74, 6) is 2.41. The largest absolute Gasteiger partial charge is 0.372 e. The summed E-state index contributed by atoms with van der Waals surface area (Å²) in [5, 5.41) is 10.3. The molecule has 0 atom stereocenters. The Balaban J connectivity index is 1.62. The molecule has 0 N–H and O–H groups in total. The van der Waals surface area contributed by atoms with E-state index in [0.717, 1.165) is 37.9 Å². The highest BCUT2D eigenvalue weighted by Crippen LogP contribution is 2.29. The quantitative estimate of drug-likeness (QED) is 0.688. The summed E-state index contributed by atoms with van der Waals surface area (Å²) in [6.07, 6.45) is 5.93. The summed E-state index contributed by atoms with van der Waals surface area (Å²) < 4.78 is 2.21. The Bertz CT molecular complexity index is 915. The molecule has 124 valence electrons. The molecule has 1 aliphatic rings. The van der Waals surface area contributed by atoms with Crippen molar-refractivity contribution in [2.45, 2.75) is 26.1 Å². The third-order valence-electron chi connectivity index (χ3n) is 5.13. The first-order valence-corrected chi connectivity index (χ1v) is 8.88. The van der Waals surface area contributed by atoms with Crippen LogP contribution in [0.4, 0.5) is 5.69 Å². The number of nitrogens with zero attached hydrogens (tertiary/aromatic N) is 4. The Hall–Kier alpha value is -2.74. The summed E-state index contributed by atoms with van der Waals surface area (Å²) in [4.78, 5) is 7.02. The molecule has 0 amide bonds. The van der Waals surface area contributed by atoms with E-state index in [-0.39, 0.29) is 6.71 Å². The van der Waals surface area contributed by atoms with E-state index in [4.69, 9.17) is 5.26 Å². The molecule has 1 saturated heterocycles. The maximum Gasteiger partial charge on any atom is 0.271 e. The number of nitriles is 1. The molecule has 4 nitrogen and oxygen atoms in total. The lowest BCUT2D eigenvalue weighted by atomic mass is 9.45. The van der Waals surface area contributed by atoms with Gasteiger partial charge < -0.3 is 9.47 Å². The number of fused-ring (bicyclic) bond motifs is 1. The molecule has 1 aliphatic heterocycles. The van der Waals surface area contributed by atoms with E-state index in [2.05, 4.69) is 69.9 Å². The van der Waals surface area contributed by atoms with Gasteiger partial charge in [-0.25, -0.2) is 10.2 Å². The Kier molecular flexibility index (Phi) is 4.19. The predicted octanol–water partition coefficient (Wildman–Crippen LogP) is 3.77. The topological polar surface area (TPSA) is 44.9 Å². The molecule has 1 fully saturated rings. The highest BCUT2D eigenvalue weighted by molar-refractivity contribution is 6.67. The molecule has 0 saturated carbocycles. The molecular formula is C20H21BN4. The van der Waals surface area contributed by atoms with Gasteiger partial charge in [-0.05, 0) is 37.3 Å². The number of anilines is 1. The van der Waals surface area contributed by atoms with Gasteiger partial charge in [-0.2, -0.15) is 0 Å². The first kappa shape index (κ1) is 15.8. The number of aromatic nitrogens is 2. The highest BCUT2D eigenvalue weighted by Gasteiger charge is 2.24. The van der Waals surface area contributed by atoms with Crippen molar-refractivity contribution in [1.82, 2.24) is 9.55 Å². The van der Waals surface area contributed by atoms with Crippen molar-refractivity contribution in [1.29, 1.82) is 5.26 Å². The van der Waals surface area contributed by atoms with E-state index in [1.807, 2.05) is 6.20 Å². The second kappa shape index (κ2) is 6.64. The van der Waals surface area contributed by atoms with Crippen LogP contribution >= 0.6 is 0 Å². The normalized spacial score (nSPS) is 14.7. The maximum atomic E-state index is 9.10. The number of hydrogen-bond acceptors (Lipinski definition) is 3. The van der Waals surface area contributed by atoms with Gasteiger partial charge in [0.1, 0.15) is 5.65 Å². The lowest BCUT2D eigenvalue weighted by Gasteiger charge is -2.30. The van der Waals surface area contributed by atoms with Crippen molar-refractivity contribution in [3.05, 3.63) is 59.9 Å². The van der Waals surface area contributed by atoms with Gasteiger partial charge in [-0.1, -0.05) is 29.8 Å². The minimum atomic E-state index is 0.208. The van der Waals surface area contributed by atoms with Gasteiger partial charge >= 0.3 is 0 Å². The smallest absolute Gasteiger partial charge is 0.271 e. The van der Waals surface area contributed by atoms with Crippen LogP contribution in [-0.4, -0.2) is 29.4 Å². The van der Waals surface area contributed by atoms with Crippen LogP contribution in [0.15, 0.2) is 48.8 Å². The maximum absolute atomic E-state index is 9.10. The number of rotatable bonds is 3. The molecule has 0 aliphatic carbocycles. The van der Waals surface area contributed by atoms with E-state index >= 15 is 0 Å². The first-order chi connectivity index (χ1) is 12.2. The van der Waals surface area contributed by atoms with Crippen LogP contribution in [0.3, 0.4) is 0 Å². The van der Waals surface area contributed by atoms with Gasteiger partial charge in [0.05, 0.1) is 0 Å². The molecule has 5 heteroatoms. The van der Waals surface area contributed by atoms with Gasteiger partial charge in [0.25, 0.3) is 6.71 Å². The third kappa shape index (κ3) is 3.12. The molecule has 4 rings (SSSR count). The van der Waals surface area contributed by atoms with Crippen molar-refractivity contribution in [2.75, 3.05) is 18.0 Å². The van der Waals surface area contributed by atoms with Gasteiger partial charge in [-0.15, -0.1) is 0 Å². The number of hydrogen-bond donors (Lipinski definition) is 0. The molecule has 2 aromatic heterocycles. The Morgan fingerprint density at radius 2 is 1.88 bits per heavy atom. The van der Waals surface area contributed by atoms with Crippen LogP contribution in [0.1, 0.15) is 11.1 Å². The van der Waals surface area contributed by atoms with Gasteiger partial charge in [-0.3, -0.25) is 0 Å². The van der Waals surface area contributed by atoms with E-state index < -0.39 is 0 Å². The van der Waals surface area contributed by atoms with Gasteiger partial charge in [0, 0.05) is 49.1 Å². The molecular weight excluding hydrogens is 307 g/mol. The van der Waals surface area contributed by atoms with Gasteiger partial charge in [0.2, 0.25) is 0 Å². The molecule has 0 spiro atoms. The molecule has 3 heterocycles. The van der Waals surface area contributed by atoms with Crippen LogP contribution in [-0.2, 0) is 6.54 Å². The molecule has 25 heavy (non-hydrogen) atoms.